The molecule has 0 amide bonds. The molecule has 10 heteroatoms. The third kappa shape index (κ3) is 4.86. The van der Waals surface area contributed by atoms with Gasteiger partial charge < -0.3 is 14.9 Å². The lowest BCUT2D eigenvalue weighted by Gasteiger charge is -2.36. The number of hydrogen-bond acceptors (Lipinski definition) is 6. The second kappa shape index (κ2) is 9.33. The van der Waals surface area contributed by atoms with Crippen molar-refractivity contribution in [2.24, 2.45) is 0 Å². The van der Waals surface area contributed by atoms with Crippen LogP contribution >= 0.6 is 0 Å². The highest BCUT2D eigenvalue weighted by Gasteiger charge is 2.37. The number of nitrogen functional groups attached to an aromatic ring is 1. The van der Waals surface area contributed by atoms with Crippen molar-refractivity contribution in [3.63, 3.8) is 0 Å². The third-order valence-corrected chi connectivity index (χ3v) is 11.5. The zero-order valence-corrected chi connectivity index (χ0v) is 21.5. The van der Waals surface area contributed by atoms with Crippen LogP contribution in [0.15, 0.2) is 24.5 Å². The summed E-state index contributed by atoms with van der Waals surface area (Å²) in [6.45, 7) is 13.8. The molecule has 1 aliphatic heterocycles. The monoisotopic (exact) mass is 489 g/mol. The van der Waals surface area contributed by atoms with Crippen molar-refractivity contribution < 1.29 is 17.9 Å². The van der Waals surface area contributed by atoms with Crippen molar-refractivity contribution in [1.29, 1.82) is 0 Å². The molecule has 1 aromatic carbocycles. The molecule has 2 aromatic heterocycles. The average molecular weight is 490 g/mol. The first kappa shape index (κ1) is 24.7. The van der Waals surface area contributed by atoms with Crippen molar-refractivity contribution in [1.82, 2.24) is 19.5 Å². The Labute approximate surface area is 200 Å². The maximum absolute atomic E-state index is 15.2. The van der Waals surface area contributed by atoms with Gasteiger partial charge in [-0.05, 0) is 41.9 Å². The van der Waals surface area contributed by atoms with Gasteiger partial charge in [0.1, 0.15) is 23.5 Å². The van der Waals surface area contributed by atoms with Crippen LogP contribution in [0, 0.1) is 11.6 Å². The van der Waals surface area contributed by atoms with Gasteiger partial charge >= 0.3 is 0 Å². The van der Waals surface area contributed by atoms with Gasteiger partial charge in [0, 0.05) is 30.8 Å². The standard InChI is InChI=1S/C24H33F2N5O2Si/c1-24(2,3)34(4,5)33-14-19-20(25)10-16(11-21(19)26)18-12-17(13-30-6-8-32-9-7-30)31-22(18)23(27)28-15-29-31/h10-12,15H,6-9,13-14H2,1-5H3,(H2,27,28,29). The zero-order chi connectivity index (χ0) is 24.7. The van der Waals surface area contributed by atoms with E-state index in [0.717, 1.165) is 18.8 Å². The van der Waals surface area contributed by atoms with Crippen LogP contribution in [0.25, 0.3) is 16.6 Å². The Kier molecular flexibility index (Phi) is 6.78. The summed E-state index contributed by atoms with van der Waals surface area (Å²) in [6, 6.07) is 4.57. The highest BCUT2D eigenvalue weighted by molar-refractivity contribution is 6.74. The van der Waals surface area contributed by atoms with Crippen molar-refractivity contribution in [2.75, 3.05) is 32.0 Å². The van der Waals surface area contributed by atoms with Gasteiger partial charge in [0.05, 0.1) is 25.5 Å². The molecule has 184 valence electrons. The molecule has 2 N–H and O–H groups in total. The van der Waals surface area contributed by atoms with Gasteiger partial charge in [0.25, 0.3) is 0 Å². The molecule has 0 atom stereocenters. The van der Waals surface area contributed by atoms with Crippen LogP contribution in [0.1, 0.15) is 32.0 Å². The van der Waals surface area contributed by atoms with Gasteiger partial charge in [0.2, 0.25) is 0 Å². The lowest BCUT2D eigenvalue weighted by molar-refractivity contribution is 0.0334. The molecule has 0 aliphatic carbocycles. The van der Waals surface area contributed by atoms with E-state index >= 15 is 8.78 Å². The molecule has 3 aromatic rings. The lowest BCUT2D eigenvalue weighted by atomic mass is 10.0. The Morgan fingerprint density at radius 1 is 1.12 bits per heavy atom. The van der Waals surface area contributed by atoms with E-state index in [2.05, 4.69) is 48.8 Å². The zero-order valence-electron chi connectivity index (χ0n) is 20.5. The summed E-state index contributed by atoms with van der Waals surface area (Å²) in [7, 11) is -2.16. The Bertz CT molecular complexity index is 1160. The quantitative estimate of drug-likeness (QED) is 0.510. The summed E-state index contributed by atoms with van der Waals surface area (Å²) in [5, 5.41) is 4.30. The minimum absolute atomic E-state index is 0.0558. The van der Waals surface area contributed by atoms with E-state index in [4.69, 9.17) is 14.9 Å². The second-order valence-electron chi connectivity index (χ2n) is 10.3. The third-order valence-electron chi connectivity index (χ3n) is 6.98. The number of nitrogens with zero attached hydrogens (tertiary/aromatic N) is 4. The molecular formula is C24H33F2N5O2Si. The molecule has 0 saturated carbocycles. The minimum Gasteiger partial charge on any atom is -0.412 e. The molecule has 0 spiro atoms. The van der Waals surface area contributed by atoms with Crippen LogP contribution < -0.4 is 5.73 Å². The molecule has 7 nitrogen and oxygen atoms in total. The normalized spacial score (nSPS) is 15.9. The van der Waals surface area contributed by atoms with E-state index in [9.17, 15) is 0 Å². The number of nitrogens with two attached hydrogens (primary N) is 1. The highest BCUT2D eigenvalue weighted by atomic mass is 28.4. The van der Waals surface area contributed by atoms with Gasteiger partial charge in [-0.1, -0.05) is 20.8 Å². The van der Waals surface area contributed by atoms with Crippen LogP contribution in [0.4, 0.5) is 14.6 Å². The maximum Gasteiger partial charge on any atom is 0.192 e. The Morgan fingerprint density at radius 3 is 2.38 bits per heavy atom. The van der Waals surface area contributed by atoms with Gasteiger partial charge in [-0.3, -0.25) is 4.90 Å². The molecule has 34 heavy (non-hydrogen) atoms. The van der Waals surface area contributed by atoms with Gasteiger partial charge in [-0.25, -0.2) is 18.3 Å². The second-order valence-corrected chi connectivity index (χ2v) is 15.1. The largest absolute Gasteiger partial charge is 0.412 e. The Balaban J connectivity index is 1.69. The average Bonchev–Trinajstić information content (AvgIpc) is 3.12. The number of anilines is 1. The summed E-state index contributed by atoms with van der Waals surface area (Å²) in [5.74, 6) is -1.03. The van der Waals surface area contributed by atoms with Crippen molar-refractivity contribution in [3.8, 4) is 11.1 Å². The van der Waals surface area contributed by atoms with E-state index in [1.807, 2.05) is 6.07 Å². The van der Waals surface area contributed by atoms with Crippen molar-refractivity contribution in [3.05, 3.63) is 47.4 Å². The van der Waals surface area contributed by atoms with Gasteiger partial charge in [-0.15, -0.1) is 0 Å². The Morgan fingerprint density at radius 2 is 1.76 bits per heavy atom. The maximum atomic E-state index is 15.2. The first-order valence-corrected chi connectivity index (χ1v) is 14.4. The molecule has 1 fully saturated rings. The van der Waals surface area contributed by atoms with Crippen LogP contribution in [-0.2, 0) is 22.3 Å². The number of fused-ring (bicyclic) bond motifs is 1. The van der Waals surface area contributed by atoms with Crippen LogP contribution in [0.3, 0.4) is 0 Å². The SMILES string of the molecule is CC(C)(C)[Si](C)(C)OCc1c(F)cc(-c2cc(CN3CCOCC3)n3ncnc(N)c23)cc1F. The minimum atomic E-state index is -2.16. The number of rotatable bonds is 6. The summed E-state index contributed by atoms with van der Waals surface area (Å²) in [4.78, 5) is 6.35. The van der Waals surface area contributed by atoms with E-state index in [1.165, 1.54) is 18.5 Å². The van der Waals surface area contributed by atoms with E-state index in [-0.39, 0.29) is 23.0 Å². The smallest absolute Gasteiger partial charge is 0.192 e. The fourth-order valence-corrected chi connectivity index (χ4v) is 4.76. The summed E-state index contributed by atoms with van der Waals surface area (Å²) in [5.41, 5.74) is 8.50. The number of halogens is 2. The van der Waals surface area contributed by atoms with Crippen molar-refractivity contribution in [2.45, 2.75) is 52.1 Å². The first-order chi connectivity index (χ1) is 16.0. The topological polar surface area (TPSA) is 77.9 Å². The number of hydrogen-bond donors (Lipinski definition) is 1. The van der Waals surface area contributed by atoms with E-state index in [1.54, 1.807) is 4.52 Å². The van der Waals surface area contributed by atoms with Crippen LogP contribution in [0.2, 0.25) is 18.1 Å². The summed E-state index contributed by atoms with van der Waals surface area (Å²) < 4.78 is 43.5. The van der Waals surface area contributed by atoms with E-state index < -0.39 is 20.0 Å². The molecule has 1 aliphatic rings. The first-order valence-electron chi connectivity index (χ1n) is 11.5. The molecular weight excluding hydrogens is 456 g/mol. The number of morpholine rings is 1. The van der Waals surface area contributed by atoms with Crippen LogP contribution in [-0.4, -0.2) is 54.1 Å². The van der Waals surface area contributed by atoms with Crippen molar-refractivity contribution >= 4 is 19.7 Å². The number of ether oxygens (including phenoxy) is 1. The Hall–Kier alpha value is -2.40. The highest BCUT2D eigenvalue weighted by Crippen LogP contribution is 2.38. The molecule has 0 unspecified atom stereocenters. The summed E-state index contributed by atoms with van der Waals surface area (Å²) in [6.07, 6.45) is 1.39. The van der Waals surface area contributed by atoms with Gasteiger partial charge in [-0.2, -0.15) is 5.10 Å². The predicted octanol–water partition coefficient (Wildman–Crippen LogP) is 4.61. The lowest BCUT2D eigenvalue weighted by Crippen LogP contribution is -2.40. The molecule has 3 heterocycles. The summed E-state index contributed by atoms with van der Waals surface area (Å²) >= 11 is 0. The number of aromatic nitrogens is 3. The molecule has 0 radical (unpaired) electrons. The van der Waals surface area contributed by atoms with E-state index in [0.29, 0.717) is 36.4 Å². The van der Waals surface area contributed by atoms with Crippen LogP contribution in [0.5, 0.6) is 0 Å². The fraction of sp³-hybridized carbons (Fsp3) is 0.500. The predicted molar refractivity (Wildman–Crippen MR) is 131 cm³/mol. The molecule has 1 saturated heterocycles. The number of benzene rings is 1. The fourth-order valence-electron chi connectivity index (χ4n) is 3.82. The molecule has 4 rings (SSSR count). The molecule has 0 bridgehead atoms. The van der Waals surface area contributed by atoms with Gasteiger partial charge in [0.15, 0.2) is 14.1 Å².